The summed E-state index contributed by atoms with van der Waals surface area (Å²) in [6.07, 6.45) is 1.98. The summed E-state index contributed by atoms with van der Waals surface area (Å²) in [4.78, 5) is 1.42. The van der Waals surface area contributed by atoms with E-state index < -0.39 is 0 Å². The van der Waals surface area contributed by atoms with E-state index in [1.807, 2.05) is 6.19 Å². The van der Waals surface area contributed by atoms with Gasteiger partial charge in [0.25, 0.3) is 0 Å². The molecule has 0 atom stereocenters. The maximum atomic E-state index is 8.61. The number of hydrogen-bond acceptors (Lipinski definition) is 3. The van der Waals surface area contributed by atoms with Gasteiger partial charge < -0.3 is 4.74 Å². The van der Waals surface area contributed by atoms with Crippen LogP contribution in [0.3, 0.4) is 0 Å². The Hall–Kier alpha value is -1.40. The van der Waals surface area contributed by atoms with Crippen LogP contribution in [0.5, 0.6) is 5.75 Å². The molecule has 0 bridgehead atoms. The predicted octanol–water partition coefficient (Wildman–Crippen LogP) is 2.27. The minimum Gasteiger partial charge on any atom is -0.495 e. The summed E-state index contributed by atoms with van der Waals surface area (Å²) in [5, 5.41) is 9.11. The van der Waals surface area contributed by atoms with Crippen LogP contribution in [0.25, 0.3) is 0 Å². The molecule has 0 spiro atoms. The number of nitrogens with zero attached hydrogens (tertiary/aromatic N) is 2. The fourth-order valence-corrected chi connectivity index (χ4v) is 1.17. The first-order chi connectivity index (χ1) is 6.19. The van der Waals surface area contributed by atoms with Crippen LogP contribution >= 0.6 is 11.6 Å². The summed E-state index contributed by atoms with van der Waals surface area (Å²) in [5.74, 6) is 0.608. The molecule has 0 saturated carbocycles. The summed E-state index contributed by atoms with van der Waals surface area (Å²) in [6.45, 7) is 0. The van der Waals surface area contributed by atoms with Crippen LogP contribution in [0.1, 0.15) is 0 Å². The zero-order valence-electron chi connectivity index (χ0n) is 7.41. The normalized spacial score (nSPS) is 9.08. The average molecular weight is 197 g/mol. The number of ether oxygens (including phenoxy) is 1. The second-order valence-electron chi connectivity index (χ2n) is 2.48. The average Bonchev–Trinajstić information content (AvgIpc) is 2.16. The first-order valence-corrected chi connectivity index (χ1v) is 4.04. The zero-order valence-corrected chi connectivity index (χ0v) is 8.17. The summed E-state index contributed by atoms with van der Waals surface area (Å²) in [6, 6.07) is 5.18. The molecule has 1 aromatic carbocycles. The molecular formula is C9H9ClN2O. The number of methoxy groups -OCH3 is 1. The van der Waals surface area contributed by atoms with Crippen molar-refractivity contribution < 1.29 is 4.74 Å². The largest absolute Gasteiger partial charge is 0.495 e. The highest BCUT2D eigenvalue weighted by Crippen LogP contribution is 2.28. The highest BCUT2D eigenvalue weighted by Gasteiger charge is 2.04. The van der Waals surface area contributed by atoms with Gasteiger partial charge in [0.15, 0.2) is 6.19 Å². The van der Waals surface area contributed by atoms with Crippen molar-refractivity contribution >= 4 is 17.3 Å². The third-order valence-electron chi connectivity index (χ3n) is 1.67. The Morgan fingerprint density at radius 3 is 2.69 bits per heavy atom. The van der Waals surface area contributed by atoms with E-state index in [1.54, 1.807) is 32.4 Å². The summed E-state index contributed by atoms with van der Waals surface area (Å²) in [7, 11) is 3.22. The summed E-state index contributed by atoms with van der Waals surface area (Å²) < 4.78 is 4.98. The quantitative estimate of drug-likeness (QED) is 0.538. The van der Waals surface area contributed by atoms with Gasteiger partial charge in [-0.2, -0.15) is 5.26 Å². The van der Waals surface area contributed by atoms with Crippen LogP contribution in [0.2, 0.25) is 5.02 Å². The van der Waals surface area contributed by atoms with Gasteiger partial charge in [0, 0.05) is 7.05 Å². The molecule has 68 valence electrons. The lowest BCUT2D eigenvalue weighted by Crippen LogP contribution is -2.07. The van der Waals surface area contributed by atoms with Crippen molar-refractivity contribution in [2.45, 2.75) is 0 Å². The van der Waals surface area contributed by atoms with Gasteiger partial charge in [-0.15, -0.1) is 0 Å². The van der Waals surface area contributed by atoms with E-state index in [9.17, 15) is 0 Å². The number of benzene rings is 1. The van der Waals surface area contributed by atoms with E-state index in [0.717, 1.165) is 5.69 Å². The molecule has 1 aromatic rings. The van der Waals surface area contributed by atoms with Crippen LogP contribution in [0.4, 0.5) is 5.69 Å². The SMILES string of the molecule is COc1ccc(N(C)C#N)cc1Cl. The van der Waals surface area contributed by atoms with Crippen LogP contribution in [0.15, 0.2) is 18.2 Å². The lowest BCUT2D eigenvalue weighted by atomic mass is 10.3. The Bertz CT molecular complexity index is 346. The molecule has 0 N–H and O–H groups in total. The molecule has 0 amide bonds. The van der Waals surface area contributed by atoms with E-state index in [4.69, 9.17) is 21.6 Å². The number of halogens is 1. The van der Waals surface area contributed by atoms with Crippen molar-refractivity contribution in [3.63, 3.8) is 0 Å². The first-order valence-electron chi connectivity index (χ1n) is 3.66. The van der Waals surface area contributed by atoms with Crippen molar-refractivity contribution in [2.75, 3.05) is 19.1 Å². The fraction of sp³-hybridized carbons (Fsp3) is 0.222. The lowest BCUT2D eigenvalue weighted by molar-refractivity contribution is 0.415. The monoisotopic (exact) mass is 196 g/mol. The van der Waals surface area contributed by atoms with Gasteiger partial charge in [0.05, 0.1) is 17.8 Å². The van der Waals surface area contributed by atoms with Gasteiger partial charge in [0.2, 0.25) is 0 Å². The molecule has 0 fully saturated rings. The van der Waals surface area contributed by atoms with Crippen LogP contribution < -0.4 is 9.64 Å². The molecule has 0 unspecified atom stereocenters. The van der Waals surface area contributed by atoms with Gasteiger partial charge in [0.1, 0.15) is 5.75 Å². The third-order valence-corrected chi connectivity index (χ3v) is 1.97. The molecular weight excluding hydrogens is 188 g/mol. The predicted molar refractivity (Wildman–Crippen MR) is 52.0 cm³/mol. The third kappa shape index (κ3) is 2.04. The molecule has 0 radical (unpaired) electrons. The van der Waals surface area contributed by atoms with E-state index in [1.165, 1.54) is 4.90 Å². The Labute approximate surface area is 82.1 Å². The molecule has 3 nitrogen and oxygen atoms in total. The number of hydrogen-bond donors (Lipinski definition) is 0. The highest BCUT2D eigenvalue weighted by atomic mass is 35.5. The highest BCUT2D eigenvalue weighted by molar-refractivity contribution is 6.32. The molecule has 0 aliphatic carbocycles. The van der Waals surface area contributed by atoms with Crippen molar-refractivity contribution in [3.8, 4) is 11.9 Å². The van der Waals surface area contributed by atoms with Crippen LogP contribution in [-0.4, -0.2) is 14.2 Å². The van der Waals surface area contributed by atoms with Crippen LogP contribution in [-0.2, 0) is 0 Å². The van der Waals surface area contributed by atoms with E-state index in [2.05, 4.69) is 0 Å². The minimum absolute atomic E-state index is 0.502. The van der Waals surface area contributed by atoms with E-state index >= 15 is 0 Å². The molecule has 13 heavy (non-hydrogen) atoms. The van der Waals surface area contributed by atoms with Crippen molar-refractivity contribution in [3.05, 3.63) is 23.2 Å². The zero-order chi connectivity index (χ0) is 9.84. The molecule has 0 heterocycles. The second kappa shape index (κ2) is 4.01. The number of anilines is 1. The van der Waals surface area contributed by atoms with E-state index in [-0.39, 0.29) is 0 Å². The first kappa shape index (κ1) is 9.69. The van der Waals surface area contributed by atoms with Crippen molar-refractivity contribution in [2.24, 2.45) is 0 Å². The standard InChI is InChI=1S/C9H9ClN2O/c1-12(6-11)7-3-4-9(13-2)8(10)5-7/h3-5H,1-2H3. The van der Waals surface area contributed by atoms with Crippen LogP contribution in [0, 0.1) is 11.5 Å². The van der Waals surface area contributed by atoms with Gasteiger partial charge in [-0.3, -0.25) is 4.90 Å². The van der Waals surface area contributed by atoms with Crippen molar-refractivity contribution in [1.82, 2.24) is 0 Å². The Morgan fingerprint density at radius 1 is 1.54 bits per heavy atom. The van der Waals surface area contributed by atoms with Gasteiger partial charge >= 0.3 is 0 Å². The number of nitriles is 1. The molecule has 0 saturated heterocycles. The van der Waals surface area contributed by atoms with Gasteiger partial charge in [-0.05, 0) is 18.2 Å². The van der Waals surface area contributed by atoms with Gasteiger partial charge in [-0.25, -0.2) is 0 Å². The van der Waals surface area contributed by atoms with E-state index in [0.29, 0.717) is 10.8 Å². The molecule has 0 aromatic heterocycles. The lowest BCUT2D eigenvalue weighted by Gasteiger charge is -2.10. The summed E-state index contributed by atoms with van der Waals surface area (Å²) in [5.41, 5.74) is 0.744. The number of rotatable bonds is 2. The molecule has 1 rings (SSSR count). The molecule has 4 heteroatoms. The molecule has 0 aliphatic heterocycles. The summed E-state index contributed by atoms with van der Waals surface area (Å²) >= 11 is 5.87. The minimum atomic E-state index is 0.502. The van der Waals surface area contributed by atoms with Crippen molar-refractivity contribution in [1.29, 1.82) is 5.26 Å². The fourth-order valence-electron chi connectivity index (χ4n) is 0.922. The Balaban J connectivity index is 3.04. The molecule has 0 aliphatic rings. The smallest absolute Gasteiger partial charge is 0.183 e. The Morgan fingerprint density at radius 2 is 2.23 bits per heavy atom. The Kier molecular flexibility index (Phi) is 2.99. The second-order valence-corrected chi connectivity index (χ2v) is 2.89. The topological polar surface area (TPSA) is 36.3 Å². The van der Waals surface area contributed by atoms with Gasteiger partial charge in [-0.1, -0.05) is 11.6 Å². The maximum Gasteiger partial charge on any atom is 0.183 e. The maximum absolute atomic E-state index is 8.61.